The maximum Gasteiger partial charge on any atom is 0.0590 e. The van der Waals surface area contributed by atoms with Crippen molar-refractivity contribution in [1.82, 2.24) is 15.1 Å². The first kappa shape index (κ1) is 12.9. The van der Waals surface area contributed by atoms with Gasteiger partial charge in [0.2, 0.25) is 0 Å². The molecule has 4 nitrogen and oxygen atoms in total. The molecule has 0 aromatic heterocycles. The number of hydrogen-bond acceptors (Lipinski definition) is 4. The molecule has 15 heavy (non-hydrogen) atoms. The molecule has 4 heteroatoms. The van der Waals surface area contributed by atoms with E-state index in [0.717, 1.165) is 26.2 Å². The zero-order chi connectivity index (χ0) is 10.9. The van der Waals surface area contributed by atoms with Gasteiger partial charge in [-0.25, -0.2) is 0 Å². The Morgan fingerprint density at radius 2 is 1.87 bits per heavy atom. The Kier molecular flexibility index (Phi) is 6.92. The van der Waals surface area contributed by atoms with Gasteiger partial charge in [-0.3, -0.25) is 0 Å². The second-order valence-electron chi connectivity index (χ2n) is 4.21. The molecular weight excluding hydrogens is 190 g/mol. The van der Waals surface area contributed by atoms with Crippen LogP contribution in [0.5, 0.6) is 0 Å². The van der Waals surface area contributed by atoms with Gasteiger partial charge in [-0.05, 0) is 20.5 Å². The Labute approximate surface area is 93.6 Å². The Bertz CT molecular complexity index is 147. The predicted molar refractivity (Wildman–Crippen MR) is 63.3 cm³/mol. The number of likely N-dealkylation sites (N-methyl/N-ethyl adjacent to an activating group) is 2. The van der Waals surface area contributed by atoms with Crippen LogP contribution in [0.25, 0.3) is 0 Å². The molecule has 0 atom stereocenters. The van der Waals surface area contributed by atoms with Crippen LogP contribution in [0.1, 0.15) is 6.42 Å². The average Bonchev–Trinajstić information content (AvgIpc) is 2.26. The monoisotopic (exact) mass is 215 g/mol. The largest absolute Gasteiger partial charge is 0.380 e. The second kappa shape index (κ2) is 8.05. The van der Waals surface area contributed by atoms with E-state index in [4.69, 9.17) is 4.74 Å². The molecule has 0 spiro atoms. The second-order valence-corrected chi connectivity index (χ2v) is 4.21. The van der Waals surface area contributed by atoms with Crippen LogP contribution < -0.4 is 5.32 Å². The SMILES string of the molecule is CNCCOCCCN1CCN(C)CC1. The summed E-state index contributed by atoms with van der Waals surface area (Å²) in [5.74, 6) is 0. The molecular formula is C11H25N3O. The summed E-state index contributed by atoms with van der Waals surface area (Å²) < 4.78 is 5.49. The fraction of sp³-hybridized carbons (Fsp3) is 1.00. The molecule has 1 aliphatic rings. The molecule has 0 saturated carbocycles. The van der Waals surface area contributed by atoms with Crippen LogP contribution in [-0.2, 0) is 4.74 Å². The molecule has 0 aromatic carbocycles. The van der Waals surface area contributed by atoms with E-state index >= 15 is 0 Å². The van der Waals surface area contributed by atoms with Crippen molar-refractivity contribution >= 4 is 0 Å². The Hall–Kier alpha value is -0.160. The van der Waals surface area contributed by atoms with Gasteiger partial charge in [0.1, 0.15) is 0 Å². The molecule has 1 saturated heterocycles. The minimum atomic E-state index is 0.833. The smallest absolute Gasteiger partial charge is 0.0590 e. The van der Waals surface area contributed by atoms with Gasteiger partial charge in [-0.2, -0.15) is 0 Å². The van der Waals surface area contributed by atoms with Gasteiger partial charge in [0.25, 0.3) is 0 Å². The average molecular weight is 215 g/mol. The van der Waals surface area contributed by atoms with Gasteiger partial charge < -0.3 is 19.9 Å². The lowest BCUT2D eigenvalue weighted by Crippen LogP contribution is -2.44. The number of ether oxygens (including phenoxy) is 1. The summed E-state index contributed by atoms with van der Waals surface area (Å²) in [6.07, 6.45) is 1.16. The number of nitrogens with one attached hydrogen (secondary N) is 1. The summed E-state index contributed by atoms with van der Waals surface area (Å²) >= 11 is 0. The zero-order valence-corrected chi connectivity index (χ0v) is 10.2. The molecule has 1 rings (SSSR count). The van der Waals surface area contributed by atoms with Crippen LogP contribution in [0.15, 0.2) is 0 Å². The highest BCUT2D eigenvalue weighted by molar-refractivity contribution is 4.68. The van der Waals surface area contributed by atoms with Gasteiger partial charge in [0.15, 0.2) is 0 Å². The molecule has 0 aromatic rings. The molecule has 1 fully saturated rings. The summed E-state index contributed by atoms with van der Waals surface area (Å²) in [6, 6.07) is 0. The van der Waals surface area contributed by atoms with E-state index in [-0.39, 0.29) is 0 Å². The molecule has 90 valence electrons. The van der Waals surface area contributed by atoms with Crippen molar-refractivity contribution in [2.24, 2.45) is 0 Å². The van der Waals surface area contributed by atoms with E-state index in [1.165, 1.54) is 32.7 Å². The highest BCUT2D eigenvalue weighted by Crippen LogP contribution is 1.99. The van der Waals surface area contributed by atoms with E-state index < -0.39 is 0 Å². The molecule has 1 heterocycles. The minimum Gasteiger partial charge on any atom is -0.380 e. The third kappa shape index (κ3) is 6.10. The summed E-state index contributed by atoms with van der Waals surface area (Å²) in [5, 5.41) is 3.07. The molecule has 0 amide bonds. The first-order chi connectivity index (χ1) is 7.33. The molecule has 1 aliphatic heterocycles. The first-order valence-corrected chi connectivity index (χ1v) is 5.96. The highest BCUT2D eigenvalue weighted by Gasteiger charge is 2.12. The van der Waals surface area contributed by atoms with Crippen molar-refractivity contribution in [3.8, 4) is 0 Å². The number of rotatable bonds is 7. The van der Waals surface area contributed by atoms with Gasteiger partial charge in [0.05, 0.1) is 6.61 Å². The Balaban J connectivity index is 1.87. The van der Waals surface area contributed by atoms with Crippen molar-refractivity contribution < 1.29 is 4.74 Å². The molecule has 0 bridgehead atoms. The van der Waals surface area contributed by atoms with Gasteiger partial charge in [-0.1, -0.05) is 0 Å². The number of hydrogen-bond donors (Lipinski definition) is 1. The van der Waals surface area contributed by atoms with Crippen LogP contribution in [0.2, 0.25) is 0 Å². The maximum atomic E-state index is 5.49. The topological polar surface area (TPSA) is 27.7 Å². The van der Waals surface area contributed by atoms with Gasteiger partial charge in [-0.15, -0.1) is 0 Å². The summed E-state index contributed by atoms with van der Waals surface area (Å²) in [6.45, 7) is 8.72. The minimum absolute atomic E-state index is 0.833. The van der Waals surface area contributed by atoms with E-state index in [1.807, 2.05) is 7.05 Å². The van der Waals surface area contributed by atoms with Crippen molar-refractivity contribution in [3.63, 3.8) is 0 Å². The van der Waals surface area contributed by atoms with Gasteiger partial charge in [0, 0.05) is 45.9 Å². The molecule has 0 radical (unpaired) electrons. The lowest BCUT2D eigenvalue weighted by molar-refractivity contribution is 0.108. The quantitative estimate of drug-likeness (QED) is 0.598. The maximum absolute atomic E-state index is 5.49. The normalized spacial score (nSPS) is 19.6. The zero-order valence-electron chi connectivity index (χ0n) is 10.2. The van der Waals surface area contributed by atoms with E-state index in [0.29, 0.717) is 0 Å². The number of piperazine rings is 1. The fourth-order valence-corrected chi connectivity index (χ4v) is 1.74. The molecule has 0 aliphatic carbocycles. The van der Waals surface area contributed by atoms with Crippen LogP contribution in [0.4, 0.5) is 0 Å². The summed E-state index contributed by atoms with van der Waals surface area (Å²) in [4.78, 5) is 4.92. The summed E-state index contributed by atoms with van der Waals surface area (Å²) in [5.41, 5.74) is 0. The van der Waals surface area contributed by atoms with Crippen LogP contribution in [-0.4, -0.2) is 76.4 Å². The van der Waals surface area contributed by atoms with Crippen molar-refractivity contribution in [3.05, 3.63) is 0 Å². The lowest BCUT2D eigenvalue weighted by Gasteiger charge is -2.32. The lowest BCUT2D eigenvalue weighted by atomic mass is 10.3. The Morgan fingerprint density at radius 1 is 1.13 bits per heavy atom. The van der Waals surface area contributed by atoms with Gasteiger partial charge >= 0.3 is 0 Å². The number of nitrogens with zero attached hydrogens (tertiary/aromatic N) is 2. The predicted octanol–water partition coefficient (Wildman–Crippen LogP) is -0.140. The summed E-state index contributed by atoms with van der Waals surface area (Å²) in [7, 11) is 4.14. The Morgan fingerprint density at radius 3 is 2.53 bits per heavy atom. The highest BCUT2D eigenvalue weighted by atomic mass is 16.5. The van der Waals surface area contributed by atoms with Crippen molar-refractivity contribution in [2.45, 2.75) is 6.42 Å². The van der Waals surface area contributed by atoms with E-state index in [2.05, 4.69) is 22.2 Å². The van der Waals surface area contributed by atoms with Crippen LogP contribution in [0, 0.1) is 0 Å². The van der Waals surface area contributed by atoms with Crippen molar-refractivity contribution in [2.75, 3.05) is 66.6 Å². The van der Waals surface area contributed by atoms with Crippen LogP contribution >= 0.6 is 0 Å². The molecule has 0 unspecified atom stereocenters. The third-order valence-corrected chi connectivity index (χ3v) is 2.86. The first-order valence-electron chi connectivity index (χ1n) is 5.96. The fourth-order valence-electron chi connectivity index (χ4n) is 1.74. The van der Waals surface area contributed by atoms with Crippen LogP contribution in [0.3, 0.4) is 0 Å². The molecule has 1 N–H and O–H groups in total. The van der Waals surface area contributed by atoms with E-state index in [9.17, 15) is 0 Å². The van der Waals surface area contributed by atoms with Crippen molar-refractivity contribution in [1.29, 1.82) is 0 Å². The van der Waals surface area contributed by atoms with E-state index in [1.54, 1.807) is 0 Å². The standard InChI is InChI=1S/C11H25N3O/c1-12-4-11-15-10-3-5-14-8-6-13(2)7-9-14/h12H,3-11H2,1-2H3. The third-order valence-electron chi connectivity index (χ3n) is 2.86.